The predicted octanol–water partition coefficient (Wildman–Crippen LogP) is 6.72. The third-order valence-corrected chi connectivity index (χ3v) is 6.69. The number of nitrogens with one attached hydrogen (secondary N) is 1. The van der Waals surface area contributed by atoms with Gasteiger partial charge in [0, 0.05) is 22.4 Å². The minimum absolute atomic E-state index is 0.0198. The quantitative estimate of drug-likeness (QED) is 0.252. The molecule has 192 valence electrons. The summed E-state index contributed by atoms with van der Waals surface area (Å²) in [6.07, 6.45) is -2.05. The Morgan fingerprint density at radius 1 is 1.05 bits per heavy atom. The number of halogens is 5. The highest BCUT2D eigenvalue weighted by Crippen LogP contribution is 2.38. The number of alkyl halides is 3. The number of aromatic nitrogens is 2. The van der Waals surface area contributed by atoms with Crippen LogP contribution >= 0.6 is 23.2 Å². The number of nitrogens with zero attached hydrogens (tertiary/aromatic N) is 3. The molecule has 4 aromatic rings. The standard InChI is InChI=1S/C24H17Cl2F3N4O3S/c1-13(16-8-6-15(25)12-18(16)26)32-23(34)17-7-5-14(24(27,28)29)11-21(17)33(37(35)36)20-4-2-3-19-22(20)31-10-9-30-19/h2-13H,1H3,(H,32,34)(H,35,36). The van der Waals surface area contributed by atoms with Gasteiger partial charge < -0.3 is 5.32 Å². The number of carbonyl (C=O) groups is 1. The van der Waals surface area contributed by atoms with E-state index in [-0.39, 0.29) is 21.8 Å². The highest BCUT2D eigenvalue weighted by atomic mass is 35.5. The van der Waals surface area contributed by atoms with Crippen LogP contribution in [0.5, 0.6) is 0 Å². The van der Waals surface area contributed by atoms with Crippen molar-refractivity contribution in [2.24, 2.45) is 0 Å². The molecule has 0 spiro atoms. The van der Waals surface area contributed by atoms with Gasteiger partial charge >= 0.3 is 6.18 Å². The van der Waals surface area contributed by atoms with Crippen LogP contribution in [0.1, 0.15) is 34.5 Å². The first-order valence-electron chi connectivity index (χ1n) is 10.5. The minimum atomic E-state index is -4.78. The largest absolute Gasteiger partial charge is 0.416 e. The number of benzene rings is 3. The van der Waals surface area contributed by atoms with E-state index in [1.807, 2.05) is 0 Å². The van der Waals surface area contributed by atoms with E-state index in [1.165, 1.54) is 30.6 Å². The van der Waals surface area contributed by atoms with Crippen molar-refractivity contribution in [1.29, 1.82) is 0 Å². The van der Waals surface area contributed by atoms with Gasteiger partial charge in [-0.2, -0.15) is 13.2 Å². The second kappa shape index (κ2) is 10.6. The van der Waals surface area contributed by atoms with Crippen molar-refractivity contribution in [3.63, 3.8) is 0 Å². The number of carbonyl (C=O) groups excluding carboxylic acids is 1. The van der Waals surface area contributed by atoms with Gasteiger partial charge in [-0.15, -0.1) is 0 Å². The van der Waals surface area contributed by atoms with Crippen LogP contribution in [0.2, 0.25) is 10.0 Å². The Balaban J connectivity index is 1.84. The van der Waals surface area contributed by atoms with Crippen LogP contribution in [-0.2, 0) is 17.4 Å². The molecule has 0 aliphatic carbocycles. The Hall–Kier alpha value is -3.25. The van der Waals surface area contributed by atoms with Gasteiger partial charge in [0.15, 0.2) is 0 Å². The molecule has 2 atom stereocenters. The minimum Gasteiger partial charge on any atom is -0.345 e. The second-order valence-electron chi connectivity index (χ2n) is 7.82. The van der Waals surface area contributed by atoms with Crippen molar-refractivity contribution in [2.75, 3.05) is 4.31 Å². The third-order valence-electron chi connectivity index (χ3n) is 5.42. The SMILES string of the molecule is CC(NC(=O)c1ccc(C(F)(F)F)cc1N(c1cccc2nccnc12)S(=O)O)c1ccc(Cl)cc1Cl. The lowest BCUT2D eigenvalue weighted by Gasteiger charge is -2.25. The monoisotopic (exact) mass is 568 g/mol. The van der Waals surface area contributed by atoms with Crippen molar-refractivity contribution in [3.05, 3.63) is 93.7 Å². The van der Waals surface area contributed by atoms with Gasteiger partial charge in [-0.1, -0.05) is 35.3 Å². The maximum absolute atomic E-state index is 13.6. The van der Waals surface area contributed by atoms with E-state index in [1.54, 1.807) is 25.1 Å². The Labute approximate surface area is 221 Å². The molecular weight excluding hydrogens is 552 g/mol. The smallest absolute Gasteiger partial charge is 0.345 e. The zero-order valence-electron chi connectivity index (χ0n) is 18.8. The van der Waals surface area contributed by atoms with E-state index < -0.39 is 40.6 Å². The van der Waals surface area contributed by atoms with Gasteiger partial charge in [-0.05, 0) is 55.0 Å². The predicted molar refractivity (Wildman–Crippen MR) is 136 cm³/mol. The van der Waals surface area contributed by atoms with Crippen LogP contribution in [0.3, 0.4) is 0 Å². The first kappa shape index (κ1) is 26.8. The van der Waals surface area contributed by atoms with Crippen LogP contribution in [0.15, 0.2) is 67.0 Å². The second-order valence-corrected chi connectivity index (χ2v) is 9.49. The molecule has 0 saturated heterocycles. The van der Waals surface area contributed by atoms with E-state index in [9.17, 15) is 26.7 Å². The molecule has 0 saturated carbocycles. The molecule has 2 unspecified atom stereocenters. The molecule has 3 aromatic carbocycles. The Morgan fingerprint density at radius 2 is 1.78 bits per heavy atom. The third kappa shape index (κ3) is 5.69. The lowest BCUT2D eigenvalue weighted by atomic mass is 10.0. The van der Waals surface area contributed by atoms with Crippen molar-refractivity contribution in [2.45, 2.75) is 19.1 Å². The molecule has 0 bridgehead atoms. The normalized spacial score (nSPS) is 13.3. The maximum atomic E-state index is 13.6. The van der Waals surface area contributed by atoms with Crippen molar-refractivity contribution < 1.29 is 26.7 Å². The summed E-state index contributed by atoms with van der Waals surface area (Å²) >= 11 is 9.26. The zero-order valence-corrected chi connectivity index (χ0v) is 21.2. The fourth-order valence-electron chi connectivity index (χ4n) is 3.71. The molecule has 1 heterocycles. The van der Waals surface area contributed by atoms with Gasteiger partial charge in [0.05, 0.1) is 34.1 Å². The molecule has 0 aliphatic heterocycles. The molecular formula is C24H17Cl2F3N4O3S. The molecule has 1 aromatic heterocycles. The zero-order chi connectivity index (χ0) is 26.9. The van der Waals surface area contributed by atoms with Gasteiger partial charge in [0.25, 0.3) is 17.2 Å². The highest BCUT2D eigenvalue weighted by molar-refractivity contribution is 7.81. The van der Waals surface area contributed by atoms with Crippen LogP contribution in [-0.4, -0.2) is 24.6 Å². The van der Waals surface area contributed by atoms with Crippen molar-refractivity contribution in [3.8, 4) is 0 Å². The summed E-state index contributed by atoms with van der Waals surface area (Å²) in [4.78, 5) is 21.6. The van der Waals surface area contributed by atoms with Crippen molar-refractivity contribution in [1.82, 2.24) is 15.3 Å². The highest BCUT2D eigenvalue weighted by Gasteiger charge is 2.34. The Bertz CT molecular complexity index is 1520. The molecule has 1 amide bonds. The molecule has 0 radical (unpaired) electrons. The fourth-order valence-corrected chi connectivity index (χ4v) is 4.92. The first-order chi connectivity index (χ1) is 17.5. The van der Waals surface area contributed by atoms with E-state index in [0.717, 1.165) is 12.1 Å². The summed E-state index contributed by atoms with van der Waals surface area (Å²) in [6, 6.07) is 10.8. The van der Waals surface area contributed by atoms with Crippen LogP contribution in [0.25, 0.3) is 11.0 Å². The molecule has 13 heteroatoms. The average molecular weight is 569 g/mol. The first-order valence-corrected chi connectivity index (χ1v) is 12.4. The van der Waals surface area contributed by atoms with E-state index in [4.69, 9.17) is 23.2 Å². The molecule has 0 aliphatic rings. The lowest BCUT2D eigenvalue weighted by Crippen LogP contribution is -2.30. The summed E-state index contributed by atoms with van der Waals surface area (Å²) in [5.74, 6) is -0.802. The fraction of sp³-hybridized carbons (Fsp3) is 0.125. The number of hydrogen-bond acceptors (Lipinski definition) is 4. The summed E-state index contributed by atoms with van der Waals surface area (Å²) < 4.78 is 64.3. The van der Waals surface area contributed by atoms with Gasteiger partial charge in [0.1, 0.15) is 5.52 Å². The molecule has 7 nitrogen and oxygen atoms in total. The summed E-state index contributed by atoms with van der Waals surface area (Å²) in [7, 11) is 0. The number of fused-ring (bicyclic) bond motifs is 1. The Morgan fingerprint density at radius 3 is 2.46 bits per heavy atom. The average Bonchev–Trinajstić information content (AvgIpc) is 2.83. The number of para-hydroxylation sites is 1. The maximum Gasteiger partial charge on any atom is 0.416 e. The topological polar surface area (TPSA) is 95.4 Å². The molecule has 4 rings (SSSR count). The number of rotatable bonds is 6. The van der Waals surface area contributed by atoms with Gasteiger partial charge in [-0.3, -0.25) is 19.3 Å². The van der Waals surface area contributed by atoms with E-state index in [0.29, 0.717) is 26.5 Å². The molecule has 37 heavy (non-hydrogen) atoms. The number of amides is 1. The Kier molecular flexibility index (Phi) is 7.69. The van der Waals surface area contributed by atoms with E-state index in [2.05, 4.69) is 15.3 Å². The summed E-state index contributed by atoms with van der Waals surface area (Å²) in [5, 5.41) is 3.33. The molecule has 2 N–H and O–H groups in total. The van der Waals surface area contributed by atoms with E-state index >= 15 is 0 Å². The number of hydrogen-bond donors (Lipinski definition) is 2. The van der Waals surface area contributed by atoms with Gasteiger partial charge in [0.2, 0.25) is 0 Å². The van der Waals surface area contributed by atoms with Crippen molar-refractivity contribution >= 4 is 62.8 Å². The van der Waals surface area contributed by atoms with Gasteiger partial charge in [-0.25, -0.2) is 8.51 Å². The van der Waals surface area contributed by atoms with Crippen LogP contribution in [0.4, 0.5) is 24.5 Å². The molecule has 0 fully saturated rings. The van der Waals surface area contributed by atoms with Crippen LogP contribution in [0, 0.1) is 0 Å². The number of anilines is 2. The van der Waals surface area contributed by atoms with Crippen LogP contribution < -0.4 is 9.62 Å². The lowest BCUT2D eigenvalue weighted by molar-refractivity contribution is -0.137. The summed E-state index contributed by atoms with van der Waals surface area (Å²) in [5.41, 5.74) is -0.881. The summed E-state index contributed by atoms with van der Waals surface area (Å²) in [6.45, 7) is 1.62.